The Morgan fingerprint density at radius 2 is 0.493 bits per heavy atom. The van der Waals surface area contributed by atoms with Gasteiger partial charge >= 0.3 is 0 Å². The first kappa shape index (κ1) is 40.1. The summed E-state index contributed by atoms with van der Waals surface area (Å²) in [5.74, 6) is 0. The molecule has 0 heterocycles. The van der Waals surface area contributed by atoms with Gasteiger partial charge in [0.15, 0.2) is 0 Å². The van der Waals surface area contributed by atoms with Crippen LogP contribution in [-0.4, -0.2) is 0 Å². The predicted molar refractivity (Wildman–Crippen MR) is 300 cm³/mol. The van der Waals surface area contributed by atoms with E-state index >= 15 is 0 Å². The van der Waals surface area contributed by atoms with E-state index in [1.165, 1.54) is 155 Å². The molecule has 3 aliphatic rings. The maximum absolute atomic E-state index is 2.55. The molecule has 0 unspecified atom stereocenters. The summed E-state index contributed by atoms with van der Waals surface area (Å²) in [5.41, 5.74) is 30.9. The lowest BCUT2D eigenvalue weighted by Crippen LogP contribution is -2.15. The molecule has 0 aliphatic heterocycles. The second kappa shape index (κ2) is 15.1. The van der Waals surface area contributed by atoms with Gasteiger partial charge in [-0.3, -0.25) is 0 Å². The van der Waals surface area contributed by atoms with Crippen LogP contribution in [0.25, 0.3) is 144 Å². The molecule has 0 bridgehead atoms. The normalized spacial score (nSPS) is 13.0. The Kier molecular flexibility index (Phi) is 8.51. The van der Waals surface area contributed by atoms with Crippen molar-refractivity contribution in [2.45, 2.75) is 19.3 Å². The molecule has 12 aromatic carbocycles. The second-order valence-electron chi connectivity index (χ2n) is 20.2. The summed E-state index contributed by atoms with van der Waals surface area (Å²) in [5, 5.41) is 5.28. The van der Waals surface area contributed by atoms with Gasteiger partial charge in [-0.1, -0.05) is 232 Å². The van der Waals surface area contributed by atoms with Crippen molar-refractivity contribution in [3.63, 3.8) is 0 Å². The standard InChI is InChI=1S/C71H46/c1-71(2)65-41-61-57-37-35-55(67-47(43-19-7-3-8-20-43)27-15-28-48(67)44-21-9-4-10-22-44)51-31-17-33-53(69(51)57)59(61)39-63(65)64-40-60-54-34-18-32-52-56(36-38-58(70(52)54)62(60)42-66(64)71)68-49(45-23-11-5-12-24-45)29-16-30-50(68)46-25-13-6-14-26-46/h3-42H,1-2H3. The number of fused-ring (bicyclic) bond motifs is 9. The highest BCUT2D eigenvalue weighted by Gasteiger charge is 2.40. The molecule has 0 spiro atoms. The number of benzene rings is 12. The number of hydrogen-bond acceptors (Lipinski definition) is 0. The maximum atomic E-state index is 2.55. The van der Waals surface area contributed by atoms with Crippen LogP contribution in [0.3, 0.4) is 0 Å². The van der Waals surface area contributed by atoms with Gasteiger partial charge in [0.2, 0.25) is 0 Å². The minimum absolute atomic E-state index is 0.200. The molecule has 12 aromatic rings. The lowest BCUT2D eigenvalue weighted by atomic mass is 9.80. The topological polar surface area (TPSA) is 0 Å². The van der Waals surface area contributed by atoms with Crippen LogP contribution in [-0.2, 0) is 5.41 Å². The zero-order valence-electron chi connectivity index (χ0n) is 39.6. The molecule has 3 aliphatic carbocycles. The van der Waals surface area contributed by atoms with Gasteiger partial charge in [-0.15, -0.1) is 0 Å². The molecule has 0 radical (unpaired) electrons. The van der Waals surface area contributed by atoms with E-state index in [-0.39, 0.29) is 5.41 Å². The van der Waals surface area contributed by atoms with E-state index in [1.807, 2.05) is 0 Å². The van der Waals surface area contributed by atoms with E-state index < -0.39 is 0 Å². The zero-order chi connectivity index (χ0) is 47.0. The van der Waals surface area contributed by atoms with E-state index in [2.05, 4.69) is 257 Å². The number of rotatable bonds is 6. The highest BCUT2D eigenvalue weighted by molar-refractivity contribution is 6.23. The molecular weight excluding hydrogens is 853 g/mol. The van der Waals surface area contributed by atoms with Crippen molar-refractivity contribution < 1.29 is 0 Å². The fourth-order valence-electron chi connectivity index (χ4n) is 13.0. The second-order valence-corrected chi connectivity index (χ2v) is 20.2. The van der Waals surface area contributed by atoms with Crippen molar-refractivity contribution in [2.75, 3.05) is 0 Å². The molecule has 0 aromatic heterocycles. The predicted octanol–water partition coefficient (Wildman–Crippen LogP) is 19.6. The van der Waals surface area contributed by atoms with Crippen LogP contribution >= 0.6 is 0 Å². The molecule has 0 atom stereocenters. The van der Waals surface area contributed by atoms with Crippen molar-refractivity contribution >= 4 is 21.5 Å². The molecule has 0 saturated carbocycles. The van der Waals surface area contributed by atoms with Crippen molar-refractivity contribution in [2.24, 2.45) is 0 Å². The maximum Gasteiger partial charge on any atom is 0.0159 e. The summed E-state index contributed by atoms with van der Waals surface area (Å²) in [6.07, 6.45) is 0. The molecule has 15 rings (SSSR count). The van der Waals surface area contributed by atoms with Crippen LogP contribution in [0.2, 0.25) is 0 Å². The number of hydrogen-bond donors (Lipinski definition) is 0. The third-order valence-electron chi connectivity index (χ3n) is 16.2. The molecule has 0 N–H and O–H groups in total. The summed E-state index contributed by atoms with van der Waals surface area (Å²) in [4.78, 5) is 0. The monoisotopic (exact) mass is 898 g/mol. The third-order valence-corrected chi connectivity index (χ3v) is 16.2. The summed E-state index contributed by atoms with van der Waals surface area (Å²) >= 11 is 0. The fraction of sp³-hybridized carbons (Fsp3) is 0.0423. The van der Waals surface area contributed by atoms with Gasteiger partial charge in [-0.2, -0.15) is 0 Å². The molecule has 0 amide bonds. The molecule has 0 fully saturated rings. The van der Waals surface area contributed by atoms with Crippen molar-refractivity contribution in [1.82, 2.24) is 0 Å². The third kappa shape index (κ3) is 5.74. The Labute approximate surface area is 414 Å². The minimum atomic E-state index is -0.200. The Morgan fingerprint density at radius 3 is 0.845 bits per heavy atom. The lowest BCUT2D eigenvalue weighted by Gasteiger charge is -2.23. The molecule has 71 heavy (non-hydrogen) atoms. The summed E-state index contributed by atoms with van der Waals surface area (Å²) < 4.78 is 0. The van der Waals surface area contributed by atoms with Gasteiger partial charge in [0.05, 0.1) is 0 Å². The van der Waals surface area contributed by atoms with E-state index in [0.29, 0.717) is 0 Å². The Balaban J connectivity index is 0.894. The van der Waals surface area contributed by atoms with Gasteiger partial charge in [-0.05, 0) is 179 Å². The van der Waals surface area contributed by atoms with Crippen molar-refractivity contribution in [3.8, 4) is 122 Å². The van der Waals surface area contributed by atoms with Crippen LogP contribution in [0.1, 0.15) is 25.0 Å². The average Bonchev–Trinajstić information content (AvgIpc) is 4.01. The van der Waals surface area contributed by atoms with Crippen LogP contribution < -0.4 is 0 Å². The Morgan fingerprint density at radius 1 is 0.211 bits per heavy atom. The fourth-order valence-corrected chi connectivity index (χ4v) is 13.0. The molecular formula is C71H46. The largest absolute Gasteiger partial charge is 0.0622 e. The highest BCUT2D eigenvalue weighted by atomic mass is 14.4. The SMILES string of the molecule is CC1(C)c2cc3c(cc2-c2cc4c(cc21)-c1ccc(-c2c(-c5ccccc5)cccc2-c2ccccc2)c2cccc-4c12)-c1cccc2c(-c4c(-c5ccccc5)cccc4-c4ccccc4)ccc-3c12. The average molecular weight is 899 g/mol. The highest BCUT2D eigenvalue weighted by Crippen LogP contribution is 2.60. The van der Waals surface area contributed by atoms with Gasteiger partial charge in [0, 0.05) is 5.41 Å². The Hall–Kier alpha value is -8.84. The van der Waals surface area contributed by atoms with Gasteiger partial charge in [-0.25, -0.2) is 0 Å². The first-order valence-electron chi connectivity index (χ1n) is 25.0. The van der Waals surface area contributed by atoms with Gasteiger partial charge in [0.25, 0.3) is 0 Å². The van der Waals surface area contributed by atoms with Crippen molar-refractivity contribution in [1.29, 1.82) is 0 Å². The minimum Gasteiger partial charge on any atom is -0.0622 e. The smallest absolute Gasteiger partial charge is 0.0159 e. The quantitative estimate of drug-likeness (QED) is 0.156. The lowest BCUT2D eigenvalue weighted by molar-refractivity contribution is 0.661. The summed E-state index contributed by atoms with van der Waals surface area (Å²) in [6.45, 7) is 4.88. The zero-order valence-corrected chi connectivity index (χ0v) is 39.6. The van der Waals surface area contributed by atoms with Crippen LogP contribution in [0.15, 0.2) is 243 Å². The van der Waals surface area contributed by atoms with Crippen molar-refractivity contribution in [3.05, 3.63) is 254 Å². The first-order valence-corrected chi connectivity index (χ1v) is 25.0. The van der Waals surface area contributed by atoms with Crippen LogP contribution in [0.4, 0.5) is 0 Å². The van der Waals surface area contributed by atoms with Gasteiger partial charge < -0.3 is 0 Å². The summed E-state index contributed by atoms with van der Waals surface area (Å²) in [7, 11) is 0. The van der Waals surface area contributed by atoms with Gasteiger partial charge in [0.1, 0.15) is 0 Å². The molecule has 0 saturated heterocycles. The first-order chi connectivity index (χ1) is 35.0. The van der Waals surface area contributed by atoms with Crippen LogP contribution in [0, 0.1) is 0 Å². The summed E-state index contributed by atoms with van der Waals surface area (Å²) in [6, 6.07) is 90.9. The van der Waals surface area contributed by atoms with E-state index in [1.54, 1.807) is 0 Å². The Bertz CT molecular complexity index is 3810. The van der Waals surface area contributed by atoms with E-state index in [0.717, 1.165) is 0 Å². The van der Waals surface area contributed by atoms with E-state index in [9.17, 15) is 0 Å². The molecule has 0 heteroatoms. The molecule has 0 nitrogen and oxygen atoms in total. The van der Waals surface area contributed by atoms with Crippen LogP contribution in [0.5, 0.6) is 0 Å². The van der Waals surface area contributed by atoms with E-state index in [4.69, 9.17) is 0 Å². The molecule has 330 valence electrons.